The summed E-state index contributed by atoms with van der Waals surface area (Å²) < 4.78 is 14.5. The number of nitrogens with one attached hydrogen (secondary N) is 2. The molecule has 1 aliphatic rings. The van der Waals surface area contributed by atoms with Gasteiger partial charge in [0.1, 0.15) is 12.0 Å². The Morgan fingerprint density at radius 3 is 2.81 bits per heavy atom. The van der Waals surface area contributed by atoms with Gasteiger partial charge in [0.2, 0.25) is 0 Å². The fourth-order valence-electron chi connectivity index (χ4n) is 3.85. The molecule has 1 fully saturated rings. The van der Waals surface area contributed by atoms with Crippen molar-refractivity contribution in [2.75, 3.05) is 19.0 Å². The van der Waals surface area contributed by atoms with Crippen LogP contribution in [0.15, 0.2) is 18.5 Å². The van der Waals surface area contributed by atoms with E-state index in [-0.39, 0.29) is 11.4 Å². The van der Waals surface area contributed by atoms with Crippen LogP contribution in [0.5, 0.6) is 6.01 Å². The van der Waals surface area contributed by atoms with Crippen molar-refractivity contribution in [1.82, 2.24) is 34.7 Å². The fourth-order valence-corrected chi connectivity index (χ4v) is 3.85. The van der Waals surface area contributed by atoms with Crippen LogP contribution in [0.3, 0.4) is 0 Å². The zero-order valence-corrected chi connectivity index (χ0v) is 19.1. The highest BCUT2D eigenvalue weighted by molar-refractivity contribution is 6.02. The minimum atomic E-state index is -0.261. The Kier molecular flexibility index (Phi) is 6.00. The molecule has 11 nitrogen and oxygen atoms in total. The summed E-state index contributed by atoms with van der Waals surface area (Å²) in [6, 6.07) is 4.16. The summed E-state index contributed by atoms with van der Waals surface area (Å²) in [4.78, 5) is 12.6. The molecule has 0 bridgehead atoms. The number of nitrogens with zero attached hydrogens (tertiary/aromatic N) is 6. The van der Waals surface area contributed by atoms with Gasteiger partial charge in [-0.15, -0.1) is 5.10 Å². The molecule has 3 aromatic rings. The number of ether oxygens (including phenoxy) is 2. The number of aromatic amines is 1. The molecule has 3 aromatic heterocycles. The van der Waals surface area contributed by atoms with Gasteiger partial charge in [0, 0.05) is 37.4 Å². The van der Waals surface area contributed by atoms with Crippen LogP contribution in [0, 0.1) is 5.92 Å². The smallest absolute Gasteiger partial charge is 0.317 e. The zero-order valence-electron chi connectivity index (χ0n) is 19.1. The lowest BCUT2D eigenvalue weighted by atomic mass is 9.74. The molecule has 0 atom stereocenters. The van der Waals surface area contributed by atoms with Gasteiger partial charge in [0.25, 0.3) is 5.91 Å². The monoisotopic (exact) mass is 442 g/mol. The van der Waals surface area contributed by atoms with Crippen LogP contribution in [0.2, 0.25) is 0 Å². The van der Waals surface area contributed by atoms with Crippen LogP contribution < -0.4 is 10.1 Å². The molecule has 0 aromatic carbocycles. The number of amides is 1. The second-order valence-corrected chi connectivity index (χ2v) is 9.24. The number of carbonyl (C=O) groups is 1. The lowest BCUT2D eigenvalue weighted by Gasteiger charge is -2.34. The molecule has 0 unspecified atom stereocenters. The Morgan fingerprint density at radius 2 is 2.09 bits per heavy atom. The first-order valence-electron chi connectivity index (χ1n) is 10.7. The highest BCUT2D eigenvalue weighted by Crippen LogP contribution is 2.41. The van der Waals surface area contributed by atoms with Crippen molar-refractivity contribution in [2.24, 2.45) is 13.0 Å². The number of anilines is 1. The molecule has 2 N–H and O–H groups in total. The normalized spacial score (nSPS) is 18.4. The third kappa shape index (κ3) is 4.67. The maximum atomic E-state index is 12.6. The number of methoxy groups -OCH3 is 1. The Labute approximate surface area is 186 Å². The van der Waals surface area contributed by atoms with Crippen molar-refractivity contribution >= 4 is 11.7 Å². The topological polar surface area (TPSA) is 125 Å². The highest BCUT2D eigenvalue weighted by Gasteiger charge is 2.33. The molecule has 1 amide bonds. The molecule has 172 valence electrons. The molecule has 1 saturated carbocycles. The molecule has 4 rings (SSSR count). The number of carbonyl (C=O) groups excluding carboxylic acids is 1. The largest absolute Gasteiger partial charge is 0.463 e. The Hall–Kier alpha value is -3.21. The second-order valence-electron chi connectivity index (χ2n) is 9.24. The van der Waals surface area contributed by atoms with Crippen LogP contribution >= 0.6 is 0 Å². The van der Waals surface area contributed by atoms with Crippen molar-refractivity contribution in [3.63, 3.8) is 0 Å². The molecule has 1 aliphatic carbocycles. The molecular weight excluding hydrogens is 412 g/mol. The van der Waals surface area contributed by atoms with Gasteiger partial charge in [0.15, 0.2) is 5.82 Å². The van der Waals surface area contributed by atoms with Gasteiger partial charge in [0.05, 0.1) is 18.9 Å². The standard InChI is InChI=1S/C21H30N8O3/c1-21(2,3)29-12-22-26-20(29)32-10-13-6-14(7-13)16-9-18(25-24-16)23-19(30)17-8-15(11-31-5)27-28(17)4/h8-9,12-14H,6-7,10-11H2,1-5H3,(H2,23,24,25,30). The average molecular weight is 443 g/mol. The molecular formula is C21H30N8O3. The predicted octanol–water partition coefficient (Wildman–Crippen LogP) is 2.46. The van der Waals surface area contributed by atoms with Crippen LogP contribution in [-0.2, 0) is 23.9 Å². The Morgan fingerprint density at radius 1 is 1.31 bits per heavy atom. The molecule has 11 heteroatoms. The lowest BCUT2D eigenvalue weighted by molar-refractivity contribution is 0.101. The first-order valence-corrected chi connectivity index (χ1v) is 10.7. The lowest BCUT2D eigenvalue weighted by Crippen LogP contribution is -2.29. The van der Waals surface area contributed by atoms with Gasteiger partial charge in [-0.1, -0.05) is 5.10 Å². The summed E-state index contributed by atoms with van der Waals surface area (Å²) in [5.74, 6) is 1.05. The van der Waals surface area contributed by atoms with Gasteiger partial charge in [-0.3, -0.25) is 19.1 Å². The van der Waals surface area contributed by atoms with Crippen molar-refractivity contribution in [3.8, 4) is 6.01 Å². The molecule has 32 heavy (non-hydrogen) atoms. The Bertz CT molecular complexity index is 1070. The molecule has 3 heterocycles. The van der Waals surface area contributed by atoms with Gasteiger partial charge >= 0.3 is 6.01 Å². The van der Waals surface area contributed by atoms with E-state index in [1.807, 2.05) is 10.6 Å². The van der Waals surface area contributed by atoms with Crippen molar-refractivity contribution in [1.29, 1.82) is 0 Å². The van der Waals surface area contributed by atoms with Gasteiger partial charge in [-0.25, -0.2) is 0 Å². The number of aryl methyl sites for hydroxylation is 1. The number of hydrogen-bond donors (Lipinski definition) is 2. The van der Waals surface area contributed by atoms with Crippen molar-refractivity contribution in [3.05, 3.63) is 35.5 Å². The van der Waals surface area contributed by atoms with E-state index >= 15 is 0 Å². The third-order valence-corrected chi connectivity index (χ3v) is 5.66. The second kappa shape index (κ2) is 8.73. The summed E-state index contributed by atoms with van der Waals surface area (Å²) in [6.45, 7) is 7.22. The molecule has 0 aliphatic heterocycles. The fraction of sp³-hybridized carbons (Fsp3) is 0.571. The van der Waals surface area contributed by atoms with E-state index in [0.29, 0.717) is 48.3 Å². The summed E-state index contributed by atoms with van der Waals surface area (Å²) >= 11 is 0. The van der Waals surface area contributed by atoms with E-state index < -0.39 is 0 Å². The maximum Gasteiger partial charge on any atom is 0.317 e. The number of aromatic nitrogens is 7. The van der Waals surface area contributed by atoms with E-state index in [4.69, 9.17) is 9.47 Å². The van der Waals surface area contributed by atoms with Crippen LogP contribution in [-0.4, -0.2) is 54.4 Å². The van der Waals surface area contributed by atoms with E-state index in [1.165, 1.54) is 4.68 Å². The van der Waals surface area contributed by atoms with Gasteiger partial charge in [-0.05, 0) is 45.6 Å². The number of rotatable bonds is 8. The highest BCUT2D eigenvalue weighted by atomic mass is 16.5. The minimum Gasteiger partial charge on any atom is -0.463 e. The maximum absolute atomic E-state index is 12.6. The van der Waals surface area contributed by atoms with Crippen LogP contribution in [0.25, 0.3) is 0 Å². The van der Waals surface area contributed by atoms with Crippen LogP contribution in [0.1, 0.15) is 61.4 Å². The van der Waals surface area contributed by atoms with E-state index in [1.54, 1.807) is 26.6 Å². The first kappa shape index (κ1) is 22.0. The summed E-state index contributed by atoms with van der Waals surface area (Å²) in [5.41, 5.74) is 2.04. The number of hydrogen-bond acceptors (Lipinski definition) is 7. The summed E-state index contributed by atoms with van der Waals surface area (Å²) in [6.07, 6.45) is 3.67. The van der Waals surface area contributed by atoms with Crippen LogP contribution in [0.4, 0.5) is 5.82 Å². The van der Waals surface area contributed by atoms with E-state index in [9.17, 15) is 4.79 Å². The molecule has 0 radical (unpaired) electrons. The SMILES string of the molecule is COCc1cc(C(=O)Nc2cc(C3CC(COc4nncn4C(C)(C)C)C3)[nH]n2)n(C)n1. The van der Waals surface area contributed by atoms with E-state index in [0.717, 1.165) is 18.5 Å². The average Bonchev–Trinajstić information content (AvgIpc) is 3.40. The molecule has 0 saturated heterocycles. The van der Waals surface area contributed by atoms with E-state index in [2.05, 4.69) is 51.6 Å². The Balaban J connectivity index is 1.27. The first-order chi connectivity index (χ1) is 15.2. The van der Waals surface area contributed by atoms with Crippen molar-refractivity contribution < 1.29 is 14.3 Å². The van der Waals surface area contributed by atoms with Gasteiger partial charge < -0.3 is 14.8 Å². The third-order valence-electron chi connectivity index (χ3n) is 5.66. The van der Waals surface area contributed by atoms with Gasteiger partial charge in [-0.2, -0.15) is 10.2 Å². The van der Waals surface area contributed by atoms with Crippen molar-refractivity contribution in [2.45, 2.75) is 51.7 Å². The zero-order chi connectivity index (χ0) is 22.9. The number of H-pyrrole nitrogens is 1. The summed E-state index contributed by atoms with van der Waals surface area (Å²) in [5, 5.41) is 22.4. The quantitative estimate of drug-likeness (QED) is 0.549. The predicted molar refractivity (Wildman–Crippen MR) is 116 cm³/mol. The minimum absolute atomic E-state index is 0.126. The molecule has 0 spiro atoms. The summed E-state index contributed by atoms with van der Waals surface area (Å²) in [7, 11) is 3.32.